The van der Waals surface area contributed by atoms with E-state index < -0.39 is 0 Å². The van der Waals surface area contributed by atoms with Gasteiger partial charge in [-0.05, 0) is 56.4 Å². The number of pyridine rings is 1. The molecule has 134 valence electrons. The van der Waals surface area contributed by atoms with Gasteiger partial charge >= 0.3 is 0 Å². The van der Waals surface area contributed by atoms with Gasteiger partial charge in [0.15, 0.2) is 0 Å². The molecule has 5 heteroatoms. The van der Waals surface area contributed by atoms with Crippen molar-refractivity contribution in [1.82, 2.24) is 4.98 Å². The van der Waals surface area contributed by atoms with Gasteiger partial charge in [-0.15, -0.1) is 0 Å². The molecule has 25 heavy (non-hydrogen) atoms. The molecule has 1 amide bonds. The van der Waals surface area contributed by atoms with Crippen LogP contribution in [0.4, 0.5) is 0 Å². The first kappa shape index (κ1) is 18.8. The highest BCUT2D eigenvalue weighted by atomic mass is 16.5. The average Bonchev–Trinajstić information content (AvgIpc) is 2.55. The molecule has 2 N–H and O–H groups in total. The fraction of sp³-hybridized carbons (Fsp3) is 0.400. The Hall–Kier alpha value is -2.56. The van der Waals surface area contributed by atoms with Crippen LogP contribution in [0.3, 0.4) is 0 Å². The second-order valence-corrected chi connectivity index (χ2v) is 6.56. The number of hydrogen-bond donors (Lipinski definition) is 1. The van der Waals surface area contributed by atoms with Crippen LogP contribution in [-0.4, -0.2) is 17.0 Å². The zero-order chi connectivity index (χ0) is 18.2. The Bertz CT molecular complexity index is 666. The Kier molecular flexibility index (Phi) is 6.81. The molecule has 0 fully saturated rings. The molecule has 0 saturated carbocycles. The number of ether oxygens (including phenoxy) is 2. The van der Waals surface area contributed by atoms with E-state index in [1.54, 1.807) is 12.3 Å². The standard InChI is InChI=1S/C20H26N2O3/c1-14(2)24-20-11-10-18(13-22-20)25-17-8-6-16(7-9-17)5-4-15(3)12-19(21)23/h6-11,13-15H,4-5,12H2,1-3H3,(H2,21,23)/t15-/m1/s1. The van der Waals surface area contributed by atoms with Crippen molar-refractivity contribution in [3.8, 4) is 17.4 Å². The molecule has 0 saturated heterocycles. The van der Waals surface area contributed by atoms with Crippen LogP contribution < -0.4 is 15.2 Å². The molecule has 5 nitrogen and oxygen atoms in total. The number of aryl methyl sites for hydroxylation is 1. The lowest BCUT2D eigenvalue weighted by Gasteiger charge is -2.11. The van der Waals surface area contributed by atoms with Crippen LogP contribution in [0.5, 0.6) is 17.4 Å². The predicted octanol–water partition coefficient (Wildman–Crippen LogP) is 4.11. The third kappa shape index (κ3) is 6.83. The van der Waals surface area contributed by atoms with Crippen LogP contribution in [0, 0.1) is 5.92 Å². The quantitative estimate of drug-likeness (QED) is 0.744. The van der Waals surface area contributed by atoms with Crippen LogP contribution in [0.2, 0.25) is 0 Å². The van der Waals surface area contributed by atoms with E-state index >= 15 is 0 Å². The molecule has 0 aliphatic carbocycles. The van der Waals surface area contributed by atoms with Crippen LogP contribution in [0.15, 0.2) is 42.6 Å². The second-order valence-electron chi connectivity index (χ2n) is 6.56. The number of benzene rings is 1. The highest BCUT2D eigenvalue weighted by Gasteiger charge is 2.07. The lowest BCUT2D eigenvalue weighted by atomic mass is 9.98. The van der Waals surface area contributed by atoms with Gasteiger partial charge in [-0.25, -0.2) is 4.98 Å². The molecule has 2 rings (SSSR count). The molecular formula is C20H26N2O3. The molecule has 0 bridgehead atoms. The van der Waals surface area contributed by atoms with Gasteiger partial charge in [0.25, 0.3) is 0 Å². The summed E-state index contributed by atoms with van der Waals surface area (Å²) in [6, 6.07) is 11.6. The summed E-state index contributed by atoms with van der Waals surface area (Å²) in [6.45, 7) is 5.96. The molecule has 1 aromatic carbocycles. The van der Waals surface area contributed by atoms with Crippen LogP contribution in [0.25, 0.3) is 0 Å². The maximum Gasteiger partial charge on any atom is 0.217 e. The second kappa shape index (κ2) is 9.06. The highest BCUT2D eigenvalue weighted by molar-refractivity contribution is 5.73. The number of carbonyl (C=O) groups excluding carboxylic acids is 1. The van der Waals surface area contributed by atoms with Gasteiger partial charge in [0, 0.05) is 12.5 Å². The minimum atomic E-state index is -0.241. The summed E-state index contributed by atoms with van der Waals surface area (Å²) in [5.74, 6) is 2.07. The lowest BCUT2D eigenvalue weighted by molar-refractivity contribution is -0.118. The largest absolute Gasteiger partial charge is 0.475 e. The molecule has 0 aliphatic heterocycles. The first-order valence-corrected chi connectivity index (χ1v) is 8.60. The van der Waals surface area contributed by atoms with Crippen molar-refractivity contribution in [2.75, 3.05) is 0 Å². The number of carbonyl (C=O) groups is 1. The smallest absolute Gasteiger partial charge is 0.217 e. The van der Waals surface area contributed by atoms with Crippen LogP contribution in [0.1, 0.15) is 39.2 Å². The van der Waals surface area contributed by atoms with Gasteiger partial charge in [0.1, 0.15) is 11.5 Å². The van der Waals surface area contributed by atoms with Crippen molar-refractivity contribution in [1.29, 1.82) is 0 Å². The number of hydrogen-bond acceptors (Lipinski definition) is 4. The van der Waals surface area contributed by atoms with Gasteiger partial charge in [-0.1, -0.05) is 19.1 Å². The van der Waals surface area contributed by atoms with Crippen LogP contribution in [-0.2, 0) is 11.2 Å². The molecule has 0 spiro atoms. The summed E-state index contributed by atoms with van der Waals surface area (Å²) in [7, 11) is 0. The molecule has 1 aromatic heterocycles. The summed E-state index contributed by atoms with van der Waals surface area (Å²) >= 11 is 0. The first-order valence-electron chi connectivity index (χ1n) is 8.60. The van der Waals surface area contributed by atoms with E-state index in [4.69, 9.17) is 15.2 Å². The predicted molar refractivity (Wildman–Crippen MR) is 97.8 cm³/mol. The Balaban J connectivity index is 1.86. The summed E-state index contributed by atoms with van der Waals surface area (Å²) in [5.41, 5.74) is 6.43. The Labute approximate surface area is 149 Å². The number of amides is 1. The Morgan fingerprint density at radius 2 is 1.76 bits per heavy atom. The zero-order valence-electron chi connectivity index (χ0n) is 15.1. The van der Waals surface area contributed by atoms with Crippen molar-refractivity contribution in [2.45, 2.75) is 46.1 Å². The highest BCUT2D eigenvalue weighted by Crippen LogP contribution is 2.23. The zero-order valence-corrected chi connectivity index (χ0v) is 15.1. The number of aromatic nitrogens is 1. The van der Waals surface area contributed by atoms with Gasteiger partial charge in [-0.3, -0.25) is 4.79 Å². The monoisotopic (exact) mass is 342 g/mol. The van der Waals surface area contributed by atoms with Crippen molar-refractivity contribution < 1.29 is 14.3 Å². The van der Waals surface area contributed by atoms with E-state index in [1.807, 2.05) is 51.1 Å². The SMILES string of the molecule is CC(C)Oc1ccc(Oc2ccc(CC[C@@H](C)CC(N)=O)cc2)cn1. The van der Waals surface area contributed by atoms with Gasteiger partial charge in [-0.2, -0.15) is 0 Å². The van der Waals surface area contributed by atoms with Crippen LogP contribution >= 0.6 is 0 Å². The Morgan fingerprint density at radius 3 is 2.32 bits per heavy atom. The van der Waals surface area contributed by atoms with Crippen molar-refractivity contribution in [3.63, 3.8) is 0 Å². The van der Waals surface area contributed by atoms with Gasteiger partial charge < -0.3 is 15.2 Å². The lowest BCUT2D eigenvalue weighted by Crippen LogP contribution is -2.15. The van der Waals surface area contributed by atoms with E-state index in [-0.39, 0.29) is 12.0 Å². The van der Waals surface area contributed by atoms with Crippen molar-refractivity contribution >= 4 is 5.91 Å². The minimum absolute atomic E-state index is 0.0949. The summed E-state index contributed by atoms with van der Waals surface area (Å²) in [4.78, 5) is 15.1. The fourth-order valence-electron chi connectivity index (χ4n) is 2.46. The van der Waals surface area contributed by atoms with Crippen molar-refractivity contribution in [3.05, 3.63) is 48.2 Å². The third-order valence-corrected chi connectivity index (χ3v) is 3.70. The van der Waals surface area contributed by atoms with Gasteiger partial charge in [0.2, 0.25) is 11.8 Å². The number of rotatable bonds is 9. The third-order valence-electron chi connectivity index (χ3n) is 3.70. The fourth-order valence-corrected chi connectivity index (χ4v) is 2.46. The van der Waals surface area contributed by atoms with E-state index in [0.29, 0.717) is 24.0 Å². The topological polar surface area (TPSA) is 74.4 Å². The van der Waals surface area contributed by atoms with E-state index in [2.05, 4.69) is 4.98 Å². The summed E-state index contributed by atoms with van der Waals surface area (Å²) in [6.07, 6.45) is 4.03. The molecule has 1 atom stereocenters. The molecule has 1 heterocycles. The normalized spacial score (nSPS) is 12.0. The van der Waals surface area contributed by atoms with E-state index in [9.17, 15) is 4.79 Å². The summed E-state index contributed by atoms with van der Waals surface area (Å²) < 4.78 is 11.3. The number of primary amides is 1. The van der Waals surface area contributed by atoms with E-state index in [1.165, 1.54) is 5.56 Å². The Morgan fingerprint density at radius 1 is 1.08 bits per heavy atom. The first-order chi connectivity index (χ1) is 11.9. The van der Waals surface area contributed by atoms with Gasteiger partial charge in [0.05, 0.1) is 12.3 Å². The van der Waals surface area contributed by atoms with Crippen molar-refractivity contribution in [2.24, 2.45) is 11.7 Å². The molecule has 0 unspecified atom stereocenters. The number of nitrogens with zero attached hydrogens (tertiary/aromatic N) is 1. The maximum atomic E-state index is 10.9. The maximum absolute atomic E-state index is 10.9. The molecule has 2 aromatic rings. The average molecular weight is 342 g/mol. The summed E-state index contributed by atoms with van der Waals surface area (Å²) in [5, 5.41) is 0. The molecular weight excluding hydrogens is 316 g/mol. The van der Waals surface area contributed by atoms with E-state index in [0.717, 1.165) is 18.6 Å². The number of nitrogens with two attached hydrogens (primary N) is 1. The molecule has 0 radical (unpaired) electrons. The minimum Gasteiger partial charge on any atom is -0.475 e. The molecule has 0 aliphatic rings.